The van der Waals surface area contributed by atoms with Crippen LogP contribution in [-0.2, 0) is 17.6 Å². The Labute approximate surface area is 150 Å². The van der Waals surface area contributed by atoms with E-state index in [0.29, 0.717) is 30.1 Å². The van der Waals surface area contributed by atoms with Crippen molar-refractivity contribution in [3.63, 3.8) is 0 Å². The predicted molar refractivity (Wildman–Crippen MR) is 95.1 cm³/mol. The van der Waals surface area contributed by atoms with Crippen LogP contribution in [0.5, 0.6) is 0 Å². The molecule has 0 unspecified atom stereocenters. The van der Waals surface area contributed by atoms with Gasteiger partial charge in [-0.2, -0.15) is 4.98 Å². The summed E-state index contributed by atoms with van der Waals surface area (Å²) in [5.41, 5.74) is 2.86. The van der Waals surface area contributed by atoms with Crippen molar-refractivity contribution in [3.8, 4) is 11.4 Å². The summed E-state index contributed by atoms with van der Waals surface area (Å²) in [6.07, 6.45) is 1.54. The quantitative estimate of drug-likeness (QED) is 0.718. The van der Waals surface area contributed by atoms with E-state index in [4.69, 9.17) is 4.52 Å². The Hall–Kier alpha value is -3.02. The van der Waals surface area contributed by atoms with Gasteiger partial charge >= 0.3 is 0 Å². The number of carbonyl (C=O) groups excluding carboxylic acids is 1. The van der Waals surface area contributed by atoms with Crippen LogP contribution in [0.4, 0.5) is 10.1 Å². The molecule has 4 rings (SSSR count). The Kier molecular flexibility index (Phi) is 4.24. The molecular formula is C20H18FN3O2. The average Bonchev–Trinajstić information content (AvgIpc) is 3.24. The minimum atomic E-state index is -0.317. The molecule has 26 heavy (non-hydrogen) atoms. The van der Waals surface area contributed by atoms with Crippen LogP contribution in [0.15, 0.2) is 53.1 Å². The maximum Gasteiger partial charge on any atom is 0.227 e. The van der Waals surface area contributed by atoms with Crippen LogP contribution in [0.1, 0.15) is 24.8 Å². The van der Waals surface area contributed by atoms with Gasteiger partial charge in [0.15, 0.2) is 0 Å². The van der Waals surface area contributed by atoms with E-state index >= 15 is 0 Å². The molecule has 0 spiro atoms. The molecule has 5 nitrogen and oxygen atoms in total. The van der Waals surface area contributed by atoms with Crippen LogP contribution in [0.25, 0.3) is 11.4 Å². The summed E-state index contributed by atoms with van der Waals surface area (Å²) in [4.78, 5) is 18.9. The van der Waals surface area contributed by atoms with Gasteiger partial charge in [0, 0.05) is 30.1 Å². The third-order valence-corrected chi connectivity index (χ3v) is 4.60. The third-order valence-electron chi connectivity index (χ3n) is 4.60. The molecule has 6 heteroatoms. The topological polar surface area (TPSA) is 59.2 Å². The van der Waals surface area contributed by atoms with Gasteiger partial charge in [0.25, 0.3) is 0 Å². The van der Waals surface area contributed by atoms with Gasteiger partial charge in [-0.3, -0.25) is 4.79 Å². The molecule has 0 radical (unpaired) electrons. The highest BCUT2D eigenvalue weighted by Crippen LogP contribution is 2.32. The van der Waals surface area contributed by atoms with E-state index in [2.05, 4.69) is 23.1 Å². The molecule has 1 aromatic heterocycles. The number of carbonyl (C=O) groups is 1. The summed E-state index contributed by atoms with van der Waals surface area (Å²) in [5, 5.41) is 3.91. The predicted octanol–water partition coefficient (Wildman–Crippen LogP) is 3.79. The van der Waals surface area contributed by atoms with E-state index in [0.717, 1.165) is 12.1 Å². The molecule has 2 aromatic carbocycles. The zero-order chi connectivity index (χ0) is 18.1. The third kappa shape index (κ3) is 3.10. The van der Waals surface area contributed by atoms with Crippen LogP contribution < -0.4 is 4.90 Å². The summed E-state index contributed by atoms with van der Waals surface area (Å²) in [7, 11) is 0. The molecule has 0 saturated heterocycles. The zero-order valence-electron chi connectivity index (χ0n) is 14.4. The molecule has 0 bridgehead atoms. The van der Waals surface area contributed by atoms with Crippen molar-refractivity contribution in [2.75, 3.05) is 4.90 Å². The van der Waals surface area contributed by atoms with Crippen molar-refractivity contribution in [2.24, 2.45) is 0 Å². The fraction of sp³-hybridized carbons (Fsp3) is 0.250. The summed E-state index contributed by atoms with van der Waals surface area (Å²) in [6, 6.07) is 14.0. The van der Waals surface area contributed by atoms with E-state index in [1.165, 1.54) is 17.7 Å². The van der Waals surface area contributed by atoms with E-state index in [1.54, 1.807) is 12.1 Å². The lowest BCUT2D eigenvalue weighted by Gasteiger charge is -2.22. The summed E-state index contributed by atoms with van der Waals surface area (Å²) >= 11 is 0. The minimum Gasteiger partial charge on any atom is -0.339 e. The van der Waals surface area contributed by atoms with Gasteiger partial charge in [-0.15, -0.1) is 0 Å². The number of rotatable bonds is 4. The highest BCUT2D eigenvalue weighted by molar-refractivity contribution is 5.96. The van der Waals surface area contributed by atoms with E-state index in [9.17, 15) is 9.18 Å². The number of benzene rings is 2. The van der Waals surface area contributed by atoms with Crippen molar-refractivity contribution in [3.05, 3.63) is 65.8 Å². The number of para-hydroxylation sites is 1. The Morgan fingerprint density at radius 2 is 2.00 bits per heavy atom. The van der Waals surface area contributed by atoms with Crippen LogP contribution in [0, 0.1) is 5.82 Å². The van der Waals surface area contributed by atoms with E-state index in [-0.39, 0.29) is 17.8 Å². The number of fused-ring (bicyclic) bond motifs is 1. The summed E-state index contributed by atoms with van der Waals surface area (Å²) in [6.45, 7) is 2.05. The average molecular weight is 351 g/mol. The Balaban J connectivity index is 1.43. The molecule has 2 heterocycles. The van der Waals surface area contributed by atoms with Crippen LogP contribution >= 0.6 is 0 Å². The number of amides is 1. The molecule has 1 aliphatic rings. The van der Waals surface area contributed by atoms with Gasteiger partial charge in [0.05, 0.1) is 0 Å². The molecule has 3 aromatic rings. The molecule has 0 N–H and O–H groups in total. The highest BCUT2D eigenvalue weighted by atomic mass is 19.1. The molecule has 1 aliphatic heterocycles. The number of hydrogen-bond acceptors (Lipinski definition) is 4. The second-order valence-corrected chi connectivity index (χ2v) is 6.46. The van der Waals surface area contributed by atoms with Gasteiger partial charge in [0.1, 0.15) is 5.82 Å². The molecular weight excluding hydrogens is 333 g/mol. The number of nitrogens with zero attached hydrogens (tertiary/aromatic N) is 3. The molecule has 1 atom stereocenters. The van der Waals surface area contributed by atoms with E-state index < -0.39 is 0 Å². The second-order valence-electron chi connectivity index (χ2n) is 6.46. The second kappa shape index (κ2) is 6.71. The Bertz CT molecular complexity index is 936. The van der Waals surface area contributed by atoms with Crippen LogP contribution in [0.3, 0.4) is 0 Å². The maximum absolute atomic E-state index is 13.0. The van der Waals surface area contributed by atoms with E-state index in [1.807, 2.05) is 23.1 Å². The molecule has 0 aliphatic carbocycles. The molecule has 1 amide bonds. The first-order chi connectivity index (χ1) is 12.6. The number of anilines is 1. The van der Waals surface area contributed by atoms with Crippen molar-refractivity contribution < 1.29 is 13.7 Å². The first-order valence-corrected chi connectivity index (χ1v) is 8.60. The minimum absolute atomic E-state index is 0.0454. The number of hydrogen-bond donors (Lipinski definition) is 0. The largest absolute Gasteiger partial charge is 0.339 e. The first kappa shape index (κ1) is 16.4. The van der Waals surface area contributed by atoms with Crippen LogP contribution in [0.2, 0.25) is 0 Å². The fourth-order valence-corrected chi connectivity index (χ4v) is 3.35. The van der Waals surface area contributed by atoms with Gasteiger partial charge in [-0.05, 0) is 49.2 Å². The van der Waals surface area contributed by atoms with Gasteiger partial charge in [-0.1, -0.05) is 23.4 Å². The number of aromatic nitrogens is 2. The van der Waals surface area contributed by atoms with Gasteiger partial charge in [-0.25, -0.2) is 4.39 Å². The van der Waals surface area contributed by atoms with Crippen LogP contribution in [-0.4, -0.2) is 22.1 Å². The summed E-state index contributed by atoms with van der Waals surface area (Å²) < 4.78 is 18.2. The smallest absolute Gasteiger partial charge is 0.227 e. The van der Waals surface area contributed by atoms with Gasteiger partial charge in [0.2, 0.25) is 17.6 Å². The fourth-order valence-electron chi connectivity index (χ4n) is 3.35. The monoisotopic (exact) mass is 351 g/mol. The van der Waals surface area contributed by atoms with Crippen molar-refractivity contribution in [1.29, 1.82) is 0 Å². The molecule has 132 valence electrons. The normalized spacial score (nSPS) is 15.9. The Morgan fingerprint density at radius 3 is 2.81 bits per heavy atom. The maximum atomic E-state index is 13.0. The van der Waals surface area contributed by atoms with Gasteiger partial charge < -0.3 is 9.42 Å². The number of halogens is 1. The van der Waals surface area contributed by atoms with Crippen molar-refractivity contribution in [1.82, 2.24) is 10.1 Å². The summed E-state index contributed by atoms with van der Waals surface area (Å²) in [5.74, 6) is 0.525. The lowest BCUT2D eigenvalue weighted by Crippen LogP contribution is -2.35. The Morgan fingerprint density at radius 1 is 1.23 bits per heavy atom. The lowest BCUT2D eigenvalue weighted by molar-refractivity contribution is -0.118. The first-order valence-electron chi connectivity index (χ1n) is 8.60. The van der Waals surface area contributed by atoms with Crippen molar-refractivity contribution >= 4 is 11.6 Å². The molecule has 0 saturated carbocycles. The lowest BCUT2D eigenvalue weighted by atomic mass is 10.1. The zero-order valence-corrected chi connectivity index (χ0v) is 14.4. The van der Waals surface area contributed by atoms with Crippen molar-refractivity contribution in [2.45, 2.75) is 32.2 Å². The highest BCUT2D eigenvalue weighted by Gasteiger charge is 2.30. The molecule has 0 fully saturated rings. The number of aryl methyl sites for hydroxylation is 1. The SMILES string of the molecule is C[C@H]1Cc2ccccc2N1C(=O)CCc1nc(-c2ccc(F)cc2)no1. The standard InChI is InChI=1S/C20H18FN3O2/c1-13-12-15-4-2-3-5-17(15)24(13)19(25)11-10-18-22-20(23-26-18)14-6-8-16(21)9-7-14/h2-9,13H,10-12H2,1H3/t13-/m0/s1.